The summed E-state index contributed by atoms with van der Waals surface area (Å²) in [6.07, 6.45) is 7.52. The first-order valence-corrected chi connectivity index (χ1v) is 6.80. The first-order chi connectivity index (χ1) is 7.81. The molecule has 16 heavy (non-hydrogen) atoms. The highest BCUT2D eigenvalue weighted by molar-refractivity contribution is 7.99. The van der Waals surface area contributed by atoms with Crippen LogP contribution in [0.25, 0.3) is 0 Å². The van der Waals surface area contributed by atoms with E-state index in [4.69, 9.17) is 5.73 Å². The van der Waals surface area contributed by atoms with Crippen molar-refractivity contribution in [1.29, 1.82) is 0 Å². The number of nitrogen functional groups attached to an aromatic ring is 1. The number of nitrogens with one attached hydrogen (secondary N) is 1. The van der Waals surface area contributed by atoms with Crippen molar-refractivity contribution in [2.75, 3.05) is 23.9 Å². The quantitative estimate of drug-likeness (QED) is 0.797. The zero-order chi connectivity index (χ0) is 11.4. The van der Waals surface area contributed by atoms with Crippen molar-refractivity contribution in [2.24, 2.45) is 0 Å². The average Bonchev–Trinajstić information content (AvgIpc) is 2.89. The largest absolute Gasteiger partial charge is 0.382 e. The van der Waals surface area contributed by atoms with Crippen LogP contribution in [-0.2, 0) is 6.54 Å². The Morgan fingerprint density at radius 1 is 1.62 bits per heavy atom. The predicted molar refractivity (Wildman–Crippen MR) is 69.0 cm³/mol. The summed E-state index contributed by atoms with van der Waals surface area (Å²) in [5.41, 5.74) is 5.74. The molecule has 0 unspecified atom stereocenters. The molecule has 0 aliphatic heterocycles. The van der Waals surface area contributed by atoms with Gasteiger partial charge in [0, 0.05) is 25.5 Å². The van der Waals surface area contributed by atoms with Gasteiger partial charge >= 0.3 is 0 Å². The Hall–Kier alpha value is -1.21. The van der Waals surface area contributed by atoms with E-state index in [1.54, 1.807) is 24.3 Å². The molecular formula is C9H13N5S2. The van der Waals surface area contributed by atoms with Crippen LogP contribution in [0, 0.1) is 0 Å². The molecule has 0 amide bonds. The van der Waals surface area contributed by atoms with Gasteiger partial charge in [0.1, 0.15) is 5.00 Å². The van der Waals surface area contributed by atoms with Crippen LogP contribution in [0.5, 0.6) is 0 Å². The lowest BCUT2D eigenvalue weighted by Gasteiger charge is -2.05. The Bertz CT molecular complexity index is 437. The molecule has 2 heterocycles. The van der Waals surface area contributed by atoms with Crippen LogP contribution in [0.3, 0.4) is 0 Å². The van der Waals surface area contributed by atoms with Crippen molar-refractivity contribution in [1.82, 2.24) is 13.9 Å². The molecule has 0 aromatic carbocycles. The summed E-state index contributed by atoms with van der Waals surface area (Å²) < 4.78 is 6.14. The number of hydrogen-bond acceptors (Lipinski definition) is 6. The summed E-state index contributed by atoms with van der Waals surface area (Å²) in [4.78, 5) is 5.02. The SMILES string of the molecule is CSc1c(N)nsc1NCCn1ccnc1. The summed E-state index contributed by atoms with van der Waals surface area (Å²) in [5.74, 6) is 0.614. The second-order valence-corrected chi connectivity index (χ2v) is 4.75. The third kappa shape index (κ3) is 2.48. The Morgan fingerprint density at radius 3 is 3.19 bits per heavy atom. The molecule has 7 heteroatoms. The van der Waals surface area contributed by atoms with E-state index < -0.39 is 0 Å². The molecule has 0 saturated heterocycles. The maximum atomic E-state index is 5.74. The lowest BCUT2D eigenvalue weighted by atomic mass is 10.5. The van der Waals surface area contributed by atoms with E-state index in [-0.39, 0.29) is 0 Å². The molecule has 0 radical (unpaired) electrons. The summed E-state index contributed by atoms with van der Waals surface area (Å²) in [7, 11) is 0. The highest BCUT2D eigenvalue weighted by atomic mass is 32.2. The van der Waals surface area contributed by atoms with E-state index in [1.807, 2.05) is 17.0 Å². The molecule has 2 aromatic rings. The van der Waals surface area contributed by atoms with Crippen LogP contribution < -0.4 is 11.1 Å². The van der Waals surface area contributed by atoms with Gasteiger partial charge in [0.05, 0.1) is 11.2 Å². The number of rotatable bonds is 5. The molecule has 3 N–H and O–H groups in total. The second-order valence-electron chi connectivity index (χ2n) is 3.16. The van der Waals surface area contributed by atoms with Gasteiger partial charge in [-0.25, -0.2) is 4.98 Å². The van der Waals surface area contributed by atoms with Crippen molar-refractivity contribution in [3.05, 3.63) is 18.7 Å². The lowest BCUT2D eigenvalue weighted by Crippen LogP contribution is -2.08. The molecule has 0 aliphatic carbocycles. The van der Waals surface area contributed by atoms with Gasteiger partial charge in [0.15, 0.2) is 5.82 Å². The fourth-order valence-electron chi connectivity index (χ4n) is 1.32. The highest BCUT2D eigenvalue weighted by Crippen LogP contribution is 2.34. The topological polar surface area (TPSA) is 68.8 Å². The standard InChI is InChI=1S/C9H13N5S2/c1-15-7-8(10)13-16-9(7)12-3-5-14-4-2-11-6-14/h2,4,6,12H,3,5H2,1H3,(H2,10,13). The molecule has 0 spiro atoms. The van der Waals surface area contributed by atoms with E-state index in [0.717, 1.165) is 23.0 Å². The number of aromatic nitrogens is 3. The minimum atomic E-state index is 0.614. The van der Waals surface area contributed by atoms with Crippen LogP contribution >= 0.6 is 23.3 Å². The van der Waals surface area contributed by atoms with Gasteiger partial charge in [-0.1, -0.05) is 0 Å². The summed E-state index contributed by atoms with van der Waals surface area (Å²) in [5, 5.41) is 4.38. The van der Waals surface area contributed by atoms with Gasteiger partial charge in [0.2, 0.25) is 0 Å². The van der Waals surface area contributed by atoms with Crippen molar-refractivity contribution < 1.29 is 0 Å². The first kappa shape index (κ1) is 11.3. The molecule has 2 aromatic heterocycles. The lowest BCUT2D eigenvalue weighted by molar-refractivity contribution is 0.727. The normalized spacial score (nSPS) is 10.6. The molecule has 86 valence electrons. The second kappa shape index (κ2) is 5.22. The van der Waals surface area contributed by atoms with Crippen molar-refractivity contribution >= 4 is 34.1 Å². The summed E-state index contributed by atoms with van der Waals surface area (Å²) >= 11 is 3.02. The number of imidazole rings is 1. The molecular weight excluding hydrogens is 242 g/mol. The minimum Gasteiger partial charge on any atom is -0.382 e. The molecule has 0 fully saturated rings. The van der Waals surface area contributed by atoms with Crippen molar-refractivity contribution in [3.8, 4) is 0 Å². The molecule has 5 nitrogen and oxygen atoms in total. The van der Waals surface area contributed by atoms with Crippen LogP contribution in [0.2, 0.25) is 0 Å². The Balaban J connectivity index is 1.89. The van der Waals surface area contributed by atoms with Crippen LogP contribution in [0.15, 0.2) is 23.6 Å². The maximum Gasteiger partial charge on any atom is 0.153 e. The fourth-order valence-corrected chi connectivity index (χ4v) is 2.89. The number of hydrogen-bond donors (Lipinski definition) is 2. The van der Waals surface area contributed by atoms with Gasteiger partial charge < -0.3 is 15.6 Å². The summed E-state index contributed by atoms with van der Waals surface area (Å²) in [6, 6.07) is 0. The van der Waals surface area contributed by atoms with Crippen LogP contribution in [0.4, 0.5) is 10.8 Å². The van der Waals surface area contributed by atoms with Gasteiger partial charge in [-0.15, -0.1) is 11.8 Å². The Kier molecular flexibility index (Phi) is 3.68. The summed E-state index contributed by atoms with van der Waals surface area (Å²) in [6.45, 7) is 1.72. The zero-order valence-corrected chi connectivity index (χ0v) is 10.5. The van der Waals surface area contributed by atoms with E-state index >= 15 is 0 Å². The highest BCUT2D eigenvalue weighted by Gasteiger charge is 2.09. The first-order valence-electron chi connectivity index (χ1n) is 4.80. The molecule has 0 atom stereocenters. The smallest absolute Gasteiger partial charge is 0.153 e. The number of nitrogens with two attached hydrogens (primary N) is 1. The molecule has 2 rings (SSSR count). The number of nitrogens with zero attached hydrogens (tertiary/aromatic N) is 3. The Morgan fingerprint density at radius 2 is 2.50 bits per heavy atom. The number of anilines is 2. The van der Waals surface area contributed by atoms with Crippen molar-refractivity contribution in [2.45, 2.75) is 11.4 Å². The molecule has 0 saturated carbocycles. The van der Waals surface area contributed by atoms with E-state index in [2.05, 4.69) is 14.7 Å². The van der Waals surface area contributed by atoms with Crippen molar-refractivity contribution in [3.63, 3.8) is 0 Å². The van der Waals surface area contributed by atoms with Gasteiger partial charge in [0.25, 0.3) is 0 Å². The predicted octanol–water partition coefficient (Wildman–Crippen LogP) is 1.76. The third-order valence-corrected chi connectivity index (χ3v) is 3.86. The third-order valence-electron chi connectivity index (χ3n) is 2.09. The molecule has 0 aliphatic rings. The maximum absolute atomic E-state index is 5.74. The average molecular weight is 255 g/mol. The zero-order valence-electron chi connectivity index (χ0n) is 8.88. The van der Waals surface area contributed by atoms with Gasteiger partial charge in [-0.3, -0.25) is 0 Å². The minimum absolute atomic E-state index is 0.614. The molecule has 0 bridgehead atoms. The van der Waals surface area contributed by atoms with Crippen LogP contribution in [0.1, 0.15) is 0 Å². The van der Waals surface area contributed by atoms with E-state index in [1.165, 1.54) is 11.5 Å². The fraction of sp³-hybridized carbons (Fsp3) is 0.333. The van der Waals surface area contributed by atoms with Gasteiger partial charge in [-0.2, -0.15) is 4.37 Å². The van der Waals surface area contributed by atoms with E-state index in [9.17, 15) is 0 Å². The Labute approximate surface area is 102 Å². The monoisotopic (exact) mass is 255 g/mol. The van der Waals surface area contributed by atoms with E-state index in [0.29, 0.717) is 5.82 Å². The number of thioether (sulfide) groups is 1. The van der Waals surface area contributed by atoms with Gasteiger partial charge in [-0.05, 0) is 17.8 Å². The van der Waals surface area contributed by atoms with Crippen LogP contribution in [-0.4, -0.2) is 26.7 Å².